The third kappa shape index (κ3) is 1.97. The number of hydrogen-bond donors (Lipinski definition) is 1. The first-order valence-electron chi connectivity index (χ1n) is 6.30. The van der Waals surface area contributed by atoms with Crippen LogP contribution in [-0.4, -0.2) is 21.5 Å². The number of aryl methyl sites for hydroxylation is 1. The Kier molecular flexibility index (Phi) is 2.99. The highest BCUT2D eigenvalue weighted by atomic mass is 16.3. The van der Waals surface area contributed by atoms with E-state index in [1.807, 2.05) is 29.1 Å². The minimum Gasteiger partial charge on any atom is -0.394 e. The van der Waals surface area contributed by atoms with Crippen LogP contribution in [0.4, 0.5) is 0 Å². The second-order valence-electron chi connectivity index (χ2n) is 4.55. The maximum atomic E-state index is 9.07. The van der Waals surface area contributed by atoms with Crippen molar-refractivity contribution in [1.82, 2.24) is 9.78 Å². The van der Waals surface area contributed by atoms with Crippen LogP contribution in [0, 0.1) is 0 Å². The smallest absolute Gasteiger partial charge is 0.0675 e. The maximum absolute atomic E-state index is 9.07. The number of rotatable bonds is 3. The summed E-state index contributed by atoms with van der Waals surface area (Å²) in [7, 11) is 0. The zero-order valence-electron chi connectivity index (χ0n) is 10.2. The van der Waals surface area contributed by atoms with Gasteiger partial charge in [-0.1, -0.05) is 30.3 Å². The molecule has 1 aromatic carbocycles. The zero-order chi connectivity index (χ0) is 12.4. The van der Waals surface area contributed by atoms with E-state index in [1.165, 1.54) is 22.4 Å². The minimum absolute atomic E-state index is 0.132. The summed E-state index contributed by atoms with van der Waals surface area (Å²) in [6.07, 6.45) is 6.27. The fourth-order valence-electron chi connectivity index (χ4n) is 2.52. The van der Waals surface area contributed by atoms with Crippen molar-refractivity contribution in [3.63, 3.8) is 0 Å². The summed E-state index contributed by atoms with van der Waals surface area (Å²) in [6.45, 7) is 0.703. The van der Waals surface area contributed by atoms with Crippen molar-refractivity contribution >= 4 is 11.6 Å². The van der Waals surface area contributed by atoms with Gasteiger partial charge in [-0.25, -0.2) is 0 Å². The number of benzene rings is 1. The molecule has 0 saturated heterocycles. The topological polar surface area (TPSA) is 38.0 Å². The average Bonchev–Trinajstić information content (AvgIpc) is 2.96. The minimum atomic E-state index is 0.132. The highest BCUT2D eigenvalue weighted by molar-refractivity contribution is 5.83. The van der Waals surface area contributed by atoms with Crippen LogP contribution in [0.5, 0.6) is 0 Å². The first kappa shape index (κ1) is 11.2. The lowest BCUT2D eigenvalue weighted by atomic mass is 10.1. The second kappa shape index (κ2) is 4.78. The van der Waals surface area contributed by atoms with Crippen molar-refractivity contribution in [3.05, 3.63) is 53.3 Å². The van der Waals surface area contributed by atoms with Gasteiger partial charge in [0.25, 0.3) is 0 Å². The molecule has 0 fully saturated rings. The van der Waals surface area contributed by atoms with Crippen molar-refractivity contribution in [2.45, 2.75) is 19.4 Å². The lowest BCUT2D eigenvalue weighted by Gasteiger charge is -2.06. The van der Waals surface area contributed by atoms with E-state index in [-0.39, 0.29) is 6.61 Å². The molecule has 0 radical (unpaired) electrons. The Bertz CT molecular complexity index is 569. The summed E-state index contributed by atoms with van der Waals surface area (Å²) in [5, 5.41) is 13.4. The summed E-state index contributed by atoms with van der Waals surface area (Å²) < 4.78 is 1.91. The molecule has 0 amide bonds. The highest BCUT2D eigenvalue weighted by Gasteiger charge is 2.21. The molecular weight excluding hydrogens is 224 g/mol. The predicted octanol–water partition coefficient (Wildman–Crippen LogP) is 2.36. The number of nitrogens with zero attached hydrogens (tertiary/aromatic N) is 2. The number of allylic oxidation sites excluding steroid dienone is 1. The van der Waals surface area contributed by atoms with Crippen LogP contribution in [0.2, 0.25) is 0 Å². The lowest BCUT2D eigenvalue weighted by molar-refractivity contribution is 0.269. The Morgan fingerprint density at radius 1 is 1.22 bits per heavy atom. The molecule has 0 atom stereocenters. The number of aliphatic hydroxyl groups is 1. The van der Waals surface area contributed by atoms with Crippen LogP contribution in [-0.2, 0) is 13.0 Å². The molecule has 0 aliphatic heterocycles. The molecule has 1 aliphatic carbocycles. The van der Waals surface area contributed by atoms with E-state index in [0.29, 0.717) is 6.54 Å². The van der Waals surface area contributed by atoms with E-state index in [2.05, 4.69) is 23.3 Å². The fourth-order valence-corrected chi connectivity index (χ4v) is 2.52. The van der Waals surface area contributed by atoms with Crippen LogP contribution in [0.3, 0.4) is 0 Å². The molecule has 0 bridgehead atoms. The summed E-state index contributed by atoms with van der Waals surface area (Å²) in [6, 6.07) is 10.3. The summed E-state index contributed by atoms with van der Waals surface area (Å²) in [4.78, 5) is 0. The Balaban J connectivity index is 1.99. The van der Waals surface area contributed by atoms with Gasteiger partial charge in [-0.15, -0.1) is 0 Å². The molecule has 18 heavy (non-hydrogen) atoms. The van der Waals surface area contributed by atoms with Crippen molar-refractivity contribution in [2.75, 3.05) is 6.61 Å². The van der Waals surface area contributed by atoms with Gasteiger partial charge < -0.3 is 5.11 Å². The molecule has 1 N–H and O–H groups in total. The van der Waals surface area contributed by atoms with Crippen molar-refractivity contribution in [2.24, 2.45) is 0 Å². The van der Waals surface area contributed by atoms with E-state index in [4.69, 9.17) is 5.11 Å². The molecule has 92 valence electrons. The normalized spacial score (nSPS) is 16.2. The molecule has 3 rings (SSSR count). The largest absolute Gasteiger partial charge is 0.394 e. The van der Waals surface area contributed by atoms with Gasteiger partial charge in [-0.05, 0) is 35.6 Å². The zero-order valence-corrected chi connectivity index (χ0v) is 10.2. The third-order valence-electron chi connectivity index (χ3n) is 3.34. The Hall–Kier alpha value is -1.87. The van der Waals surface area contributed by atoms with Gasteiger partial charge in [0.2, 0.25) is 0 Å². The van der Waals surface area contributed by atoms with E-state index in [1.54, 1.807) is 0 Å². The SMILES string of the molecule is OCCn1ncc2c1/C(=C/c1ccccc1)CC2. The Morgan fingerprint density at radius 2 is 2.06 bits per heavy atom. The summed E-state index contributed by atoms with van der Waals surface area (Å²) in [5.74, 6) is 0. The Labute approximate surface area is 106 Å². The van der Waals surface area contributed by atoms with Gasteiger partial charge in [0.1, 0.15) is 0 Å². The highest BCUT2D eigenvalue weighted by Crippen LogP contribution is 2.33. The number of hydrogen-bond acceptors (Lipinski definition) is 2. The molecule has 3 heteroatoms. The van der Waals surface area contributed by atoms with Crippen molar-refractivity contribution < 1.29 is 5.11 Å². The average molecular weight is 240 g/mol. The van der Waals surface area contributed by atoms with Gasteiger partial charge in [0.15, 0.2) is 0 Å². The van der Waals surface area contributed by atoms with Crippen molar-refractivity contribution in [3.8, 4) is 0 Å². The van der Waals surface area contributed by atoms with Crippen LogP contribution in [0.25, 0.3) is 11.6 Å². The molecule has 1 heterocycles. The van der Waals surface area contributed by atoms with Gasteiger partial charge in [0.05, 0.1) is 25.0 Å². The quantitative estimate of drug-likeness (QED) is 0.894. The van der Waals surface area contributed by atoms with Gasteiger partial charge in [-0.3, -0.25) is 4.68 Å². The molecule has 0 spiro atoms. The van der Waals surface area contributed by atoms with Gasteiger partial charge >= 0.3 is 0 Å². The molecule has 1 aliphatic rings. The molecule has 0 unspecified atom stereocenters. The van der Waals surface area contributed by atoms with Crippen LogP contribution in [0.1, 0.15) is 23.2 Å². The standard InChI is InChI=1S/C15H16N2O/c18-9-8-17-15-13(6-7-14(15)11-16-17)10-12-4-2-1-3-5-12/h1-5,10-11,18H,6-9H2/b13-10+. The first-order chi connectivity index (χ1) is 8.88. The number of aliphatic hydroxyl groups excluding tert-OH is 1. The summed E-state index contributed by atoms with van der Waals surface area (Å²) >= 11 is 0. The fraction of sp³-hybridized carbons (Fsp3) is 0.267. The second-order valence-corrected chi connectivity index (χ2v) is 4.55. The van der Waals surface area contributed by atoms with Crippen molar-refractivity contribution in [1.29, 1.82) is 0 Å². The Morgan fingerprint density at radius 3 is 2.83 bits per heavy atom. The van der Waals surface area contributed by atoms with E-state index < -0.39 is 0 Å². The first-order valence-corrected chi connectivity index (χ1v) is 6.30. The van der Waals surface area contributed by atoms with Gasteiger partial charge in [0, 0.05) is 0 Å². The molecular formula is C15H16N2O. The van der Waals surface area contributed by atoms with Crippen LogP contribution < -0.4 is 0 Å². The molecule has 3 nitrogen and oxygen atoms in total. The van der Waals surface area contributed by atoms with Crippen LogP contribution in [0.15, 0.2) is 36.5 Å². The van der Waals surface area contributed by atoms with E-state index >= 15 is 0 Å². The third-order valence-corrected chi connectivity index (χ3v) is 3.34. The predicted molar refractivity (Wildman–Crippen MR) is 71.9 cm³/mol. The van der Waals surface area contributed by atoms with E-state index in [0.717, 1.165) is 12.8 Å². The monoisotopic (exact) mass is 240 g/mol. The summed E-state index contributed by atoms with van der Waals surface area (Å²) in [5.41, 5.74) is 5.04. The molecule has 1 aromatic heterocycles. The number of fused-ring (bicyclic) bond motifs is 1. The maximum Gasteiger partial charge on any atom is 0.0675 e. The molecule has 2 aromatic rings. The molecule has 0 saturated carbocycles. The van der Waals surface area contributed by atoms with Crippen LogP contribution >= 0.6 is 0 Å². The van der Waals surface area contributed by atoms with Gasteiger partial charge in [-0.2, -0.15) is 5.10 Å². The lowest BCUT2D eigenvalue weighted by Crippen LogP contribution is -2.06. The van der Waals surface area contributed by atoms with E-state index in [9.17, 15) is 0 Å². The number of aromatic nitrogens is 2.